The summed E-state index contributed by atoms with van der Waals surface area (Å²) in [6, 6.07) is 5.35. The molecule has 206 valence electrons. The maximum atomic E-state index is 15.8. The van der Waals surface area contributed by atoms with Crippen LogP contribution >= 0.6 is 0 Å². The van der Waals surface area contributed by atoms with Gasteiger partial charge in [-0.25, -0.2) is 17.6 Å². The molecule has 2 aliphatic heterocycles. The molecule has 0 spiro atoms. The maximum Gasteiger partial charge on any atom is 0.143 e. The van der Waals surface area contributed by atoms with Crippen LogP contribution in [0.3, 0.4) is 0 Å². The van der Waals surface area contributed by atoms with E-state index in [1.165, 1.54) is 31.2 Å². The van der Waals surface area contributed by atoms with Crippen molar-refractivity contribution >= 4 is 10.9 Å². The molecule has 9 heteroatoms. The van der Waals surface area contributed by atoms with E-state index < -0.39 is 35.8 Å². The monoisotopic (exact) mass is 533 g/mol. The maximum absolute atomic E-state index is 15.8. The normalized spacial score (nSPS) is 22.3. The van der Waals surface area contributed by atoms with E-state index in [0.717, 1.165) is 24.9 Å². The number of nitrogens with zero attached hydrogens (tertiary/aromatic N) is 2. The van der Waals surface area contributed by atoms with E-state index in [1.807, 2.05) is 6.92 Å². The van der Waals surface area contributed by atoms with Gasteiger partial charge in [0.25, 0.3) is 0 Å². The first-order chi connectivity index (χ1) is 18.1. The lowest BCUT2D eigenvalue weighted by atomic mass is 9.87. The highest BCUT2D eigenvalue weighted by Crippen LogP contribution is 2.44. The average molecular weight is 534 g/mol. The Labute approximate surface area is 220 Å². The predicted molar refractivity (Wildman–Crippen MR) is 139 cm³/mol. The van der Waals surface area contributed by atoms with Crippen LogP contribution in [-0.4, -0.2) is 70.5 Å². The average Bonchev–Trinajstić information content (AvgIpc) is 3.18. The molecule has 3 heterocycles. The number of ether oxygens (including phenoxy) is 1. The van der Waals surface area contributed by atoms with E-state index in [4.69, 9.17) is 4.74 Å². The number of aliphatic hydroxyl groups is 1. The number of aliphatic hydroxyl groups excluding tert-OH is 1. The number of alkyl halides is 1. The summed E-state index contributed by atoms with van der Waals surface area (Å²) in [5, 5.41) is 10.3. The number of nitrogens with one attached hydrogen (secondary N) is 1. The number of fused-ring (bicyclic) bond motifs is 3. The van der Waals surface area contributed by atoms with Gasteiger partial charge in [0.05, 0.1) is 12.6 Å². The van der Waals surface area contributed by atoms with Gasteiger partial charge in [0, 0.05) is 60.0 Å². The third-order valence-electron chi connectivity index (χ3n) is 7.79. The molecule has 3 atom stereocenters. The number of halogens is 4. The zero-order valence-corrected chi connectivity index (χ0v) is 22.0. The molecule has 0 unspecified atom stereocenters. The number of unbranched alkanes of at least 4 members (excludes halogenated alkanes) is 1. The Kier molecular flexibility index (Phi) is 7.46. The number of aromatic amines is 1. The fourth-order valence-corrected chi connectivity index (χ4v) is 5.76. The van der Waals surface area contributed by atoms with Gasteiger partial charge in [-0.15, -0.1) is 0 Å². The quantitative estimate of drug-likeness (QED) is 0.357. The number of hydrogen-bond donors (Lipinski definition) is 2. The minimum atomic E-state index is -1.99. The summed E-state index contributed by atoms with van der Waals surface area (Å²) in [5.74, 6) is -1.90. The van der Waals surface area contributed by atoms with Gasteiger partial charge < -0.3 is 14.8 Å². The van der Waals surface area contributed by atoms with E-state index in [-0.39, 0.29) is 30.0 Å². The minimum absolute atomic E-state index is 0.115. The first kappa shape index (κ1) is 27.0. The Balaban J connectivity index is 1.52. The number of hydrogen-bond acceptors (Lipinski definition) is 4. The molecular formula is C29H35F4N3O2. The molecule has 5 nitrogen and oxygen atoms in total. The van der Waals surface area contributed by atoms with Gasteiger partial charge in [0.2, 0.25) is 0 Å². The zero-order chi connectivity index (χ0) is 27.2. The molecule has 2 aromatic carbocycles. The summed E-state index contributed by atoms with van der Waals surface area (Å²) in [7, 11) is 0. The SMILES string of the molecule is CCCCN1CC(Oc2cc(F)c([C@H]3c4[nH]c5ccc(F)cc5c4C[C@H](C)N3C[C@](C)(F)CO)c(F)c2)C1. The van der Waals surface area contributed by atoms with Crippen molar-refractivity contribution in [2.75, 3.05) is 32.8 Å². The lowest BCUT2D eigenvalue weighted by Gasteiger charge is -2.43. The van der Waals surface area contributed by atoms with Crippen molar-refractivity contribution < 1.29 is 27.4 Å². The van der Waals surface area contributed by atoms with E-state index >= 15 is 13.2 Å². The standard InChI is InChI=1S/C29H35F4N3O2/c1-4-5-8-35-13-20(14-35)38-19-11-23(31)26(24(32)12-19)28-27-22(21-10-18(30)6-7-25(21)34-27)9-17(2)36(28)15-29(3,33)16-37/h6-7,10-12,17,20,28,34,37H,4-5,8-9,13-16H2,1-3H3/t17-,28-,29-/m0/s1. The van der Waals surface area contributed by atoms with Crippen LogP contribution in [0.15, 0.2) is 30.3 Å². The lowest BCUT2D eigenvalue weighted by Crippen LogP contribution is -2.53. The molecule has 38 heavy (non-hydrogen) atoms. The van der Waals surface area contributed by atoms with Gasteiger partial charge in [0.15, 0.2) is 0 Å². The Hall–Kier alpha value is -2.62. The van der Waals surface area contributed by atoms with Crippen molar-refractivity contribution in [3.8, 4) is 5.75 Å². The molecule has 0 amide bonds. The van der Waals surface area contributed by atoms with Crippen molar-refractivity contribution in [1.29, 1.82) is 0 Å². The van der Waals surface area contributed by atoms with E-state index in [9.17, 15) is 9.50 Å². The molecule has 1 fully saturated rings. The molecule has 2 N–H and O–H groups in total. The molecule has 0 radical (unpaired) electrons. The fourth-order valence-electron chi connectivity index (χ4n) is 5.76. The topological polar surface area (TPSA) is 51.7 Å². The van der Waals surface area contributed by atoms with Crippen LogP contribution in [-0.2, 0) is 6.42 Å². The smallest absolute Gasteiger partial charge is 0.143 e. The lowest BCUT2D eigenvalue weighted by molar-refractivity contribution is 0.0153. The molecule has 2 aliphatic rings. The van der Waals surface area contributed by atoms with Crippen LogP contribution in [0.5, 0.6) is 5.75 Å². The van der Waals surface area contributed by atoms with Crippen molar-refractivity contribution in [2.45, 2.75) is 63.9 Å². The van der Waals surface area contributed by atoms with Gasteiger partial charge in [-0.1, -0.05) is 13.3 Å². The number of rotatable bonds is 9. The third-order valence-corrected chi connectivity index (χ3v) is 7.79. The highest BCUT2D eigenvalue weighted by Gasteiger charge is 2.42. The minimum Gasteiger partial charge on any atom is -0.488 e. The van der Waals surface area contributed by atoms with Crippen LogP contribution < -0.4 is 4.74 Å². The Morgan fingerprint density at radius 3 is 2.50 bits per heavy atom. The van der Waals surface area contributed by atoms with Crippen molar-refractivity contribution in [1.82, 2.24) is 14.8 Å². The van der Waals surface area contributed by atoms with Crippen LogP contribution in [0.1, 0.15) is 56.5 Å². The van der Waals surface area contributed by atoms with Crippen LogP contribution in [0.25, 0.3) is 10.9 Å². The number of likely N-dealkylation sites (tertiary alicyclic amines) is 1. The van der Waals surface area contributed by atoms with Gasteiger partial charge in [-0.05, 0) is 57.0 Å². The summed E-state index contributed by atoms with van der Waals surface area (Å²) in [4.78, 5) is 7.14. The highest BCUT2D eigenvalue weighted by atomic mass is 19.1. The molecule has 0 bridgehead atoms. The first-order valence-electron chi connectivity index (χ1n) is 13.3. The molecule has 0 aliphatic carbocycles. The first-order valence-corrected chi connectivity index (χ1v) is 13.3. The number of benzene rings is 2. The molecule has 1 saturated heterocycles. The Morgan fingerprint density at radius 2 is 1.84 bits per heavy atom. The van der Waals surface area contributed by atoms with Crippen molar-refractivity contribution in [2.24, 2.45) is 0 Å². The third kappa shape index (κ3) is 5.16. The van der Waals surface area contributed by atoms with E-state index in [1.54, 1.807) is 11.0 Å². The summed E-state index contributed by atoms with van der Waals surface area (Å²) < 4.78 is 66.6. The second-order valence-corrected chi connectivity index (χ2v) is 11.1. The van der Waals surface area contributed by atoms with Gasteiger partial charge in [-0.3, -0.25) is 9.80 Å². The predicted octanol–water partition coefficient (Wildman–Crippen LogP) is 5.50. The second kappa shape index (κ2) is 10.5. The Morgan fingerprint density at radius 1 is 1.13 bits per heavy atom. The fraction of sp³-hybridized carbons (Fsp3) is 0.517. The zero-order valence-electron chi connectivity index (χ0n) is 22.0. The molecular weight excluding hydrogens is 498 g/mol. The molecule has 1 aromatic heterocycles. The van der Waals surface area contributed by atoms with E-state index in [2.05, 4.69) is 16.8 Å². The van der Waals surface area contributed by atoms with E-state index in [0.29, 0.717) is 36.1 Å². The second-order valence-electron chi connectivity index (χ2n) is 11.1. The van der Waals surface area contributed by atoms with Crippen LogP contribution in [0.2, 0.25) is 0 Å². The molecule has 5 rings (SSSR count). The van der Waals surface area contributed by atoms with Crippen LogP contribution in [0, 0.1) is 17.5 Å². The number of H-pyrrole nitrogens is 1. The van der Waals surface area contributed by atoms with Crippen molar-refractivity contribution in [3.05, 3.63) is 64.6 Å². The highest BCUT2D eigenvalue weighted by molar-refractivity contribution is 5.85. The van der Waals surface area contributed by atoms with Gasteiger partial charge in [-0.2, -0.15) is 0 Å². The summed E-state index contributed by atoms with van der Waals surface area (Å²) >= 11 is 0. The van der Waals surface area contributed by atoms with Gasteiger partial charge >= 0.3 is 0 Å². The number of aromatic nitrogens is 1. The summed E-state index contributed by atoms with van der Waals surface area (Å²) in [6.45, 7) is 6.66. The largest absolute Gasteiger partial charge is 0.488 e. The molecule has 0 saturated carbocycles. The Bertz CT molecular complexity index is 1280. The van der Waals surface area contributed by atoms with Crippen molar-refractivity contribution in [3.63, 3.8) is 0 Å². The summed E-state index contributed by atoms with van der Waals surface area (Å²) in [5.41, 5.74) is -0.345. The molecule has 3 aromatic rings. The van der Waals surface area contributed by atoms with Gasteiger partial charge in [0.1, 0.15) is 35.0 Å². The van der Waals surface area contributed by atoms with Crippen LogP contribution in [0.4, 0.5) is 17.6 Å². The summed E-state index contributed by atoms with van der Waals surface area (Å²) in [6.07, 6.45) is 2.49.